The molecule has 0 saturated carbocycles. The van der Waals surface area contributed by atoms with Crippen LogP contribution in [0.25, 0.3) is 0 Å². The summed E-state index contributed by atoms with van der Waals surface area (Å²) in [5, 5.41) is 41.0. The van der Waals surface area contributed by atoms with Crippen molar-refractivity contribution >= 4 is 28.6 Å². The van der Waals surface area contributed by atoms with Gasteiger partial charge in [0.05, 0.1) is 22.6 Å². The average molecular weight is 307 g/mol. The third-order valence-corrected chi connectivity index (χ3v) is 2.31. The van der Waals surface area contributed by atoms with Crippen LogP contribution in [-0.2, 0) is 0 Å². The van der Waals surface area contributed by atoms with Crippen LogP contribution in [0.2, 0.25) is 0 Å². The third kappa shape index (κ3) is 3.42. The fourth-order valence-corrected chi connectivity index (χ4v) is 1.41. The number of hydrogen-bond donors (Lipinski definition) is 3. The number of nitrogens with two attached hydrogens (primary N) is 1. The summed E-state index contributed by atoms with van der Waals surface area (Å²) >= 11 is 0. The number of nitrogens with one attached hydrogen (secondary N) is 2. The first kappa shape index (κ1) is 16.3. The van der Waals surface area contributed by atoms with Crippen LogP contribution in [0, 0.1) is 37.0 Å². The van der Waals surface area contributed by atoms with Gasteiger partial charge in [0.15, 0.2) is 5.84 Å². The number of hydrogen-bond acceptors (Lipinski definition) is 9. The first-order valence-corrected chi connectivity index (χ1v) is 5.40. The number of nitrogens with zero attached hydrogens (tertiary/aromatic N) is 4. The largest absolute Gasteiger partial charge is 0.485 e. The van der Waals surface area contributed by atoms with E-state index in [2.05, 4.69) is 15.3 Å². The van der Waals surface area contributed by atoms with Gasteiger partial charge in [-0.1, -0.05) is 0 Å². The van der Waals surface area contributed by atoms with E-state index in [1.165, 1.54) is 6.07 Å². The molecule has 0 heterocycles. The molecule has 0 atom stereocenters. The predicted molar refractivity (Wildman–Crippen MR) is 74.9 cm³/mol. The van der Waals surface area contributed by atoms with E-state index in [4.69, 9.17) is 16.4 Å². The lowest BCUT2D eigenvalue weighted by molar-refractivity contribution is -0.395. The molecule has 12 nitrogen and oxygen atoms in total. The maximum Gasteiger partial charge on any atom is 0.320 e. The Morgan fingerprint density at radius 3 is 2.23 bits per heavy atom. The van der Waals surface area contributed by atoms with E-state index in [1.807, 2.05) is 0 Å². The molecule has 0 amide bonds. The summed E-state index contributed by atoms with van der Waals surface area (Å²) in [6.45, 7) is 0. The topological polar surface area (TPSA) is 194 Å². The number of hydrazone groups is 1. The Balaban J connectivity index is 3.39. The highest BCUT2D eigenvalue weighted by molar-refractivity contribution is 6.45. The molecule has 1 rings (SSSR count). The van der Waals surface area contributed by atoms with Crippen LogP contribution >= 0.6 is 0 Å². The van der Waals surface area contributed by atoms with Crippen molar-refractivity contribution in [3.8, 4) is 11.8 Å². The lowest BCUT2D eigenvalue weighted by Gasteiger charge is -2.06. The first-order valence-electron chi connectivity index (χ1n) is 5.40. The van der Waals surface area contributed by atoms with Crippen LogP contribution in [0.5, 0.6) is 5.75 Å². The van der Waals surface area contributed by atoms with Crippen molar-refractivity contribution in [1.29, 1.82) is 10.7 Å². The van der Waals surface area contributed by atoms with Gasteiger partial charge in [0.25, 0.3) is 5.75 Å². The van der Waals surface area contributed by atoms with Gasteiger partial charge in [0.1, 0.15) is 6.07 Å². The molecular weight excluding hydrogens is 298 g/mol. The third-order valence-electron chi connectivity index (χ3n) is 2.31. The summed E-state index contributed by atoms with van der Waals surface area (Å²) in [4.78, 5) is 20.2. The lowest BCUT2D eigenvalue weighted by atomic mass is 10.2. The Hall–Kier alpha value is -3.75. The second kappa shape index (κ2) is 6.61. The molecule has 0 fully saturated rings. The minimum atomic E-state index is -0.864. The number of methoxy groups -OCH3 is 1. The SMILES string of the molecule is COc1c([N+](=O)[O-])cc(N/N=C(\C#N)C(=N)N)cc1[N+](=O)[O-]. The van der Waals surface area contributed by atoms with E-state index < -0.39 is 38.5 Å². The fourth-order valence-electron chi connectivity index (χ4n) is 1.41. The van der Waals surface area contributed by atoms with Crippen LogP contribution in [0.3, 0.4) is 0 Å². The van der Waals surface area contributed by atoms with Crippen molar-refractivity contribution in [3.63, 3.8) is 0 Å². The second-order valence-corrected chi connectivity index (χ2v) is 3.66. The van der Waals surface area contributed by atoms with Crippen LogP contribution < -0.4 is 15.9 Å². The maximum absolute atomic E-state index is 10.9. The van der Waals surface area contributed by atoms with Crippen molar-refractivity contribution in [2.75, 3.05) is 12.5 Å². The van der Waals surface area contributed by atoms with Crippen molar-refractivity contribution in [1.82, 2.24) is 0 Å². The standard InChI is InChI=1S/C10H9N7O5/c1-22-9-7(16(18)19)2-5(3-8(9)17(20)21)14-15-6(4-11)10(12)13/h2-3,14H,1H3,(H3,12,13)/b15-6+. The maximum atomic E-state index is 10.9. The zero-order valence-electron chi connectivity index (χ0n) is 11.1. The number of amidine groups is 1. The molecule has 1 aromatic carbocycles. The molecule has 0 aromatic heterocycles. The van der Waals surface area contributed by atoms with Crippen LogP contribution in [0.4, 0.5) is 17.1 Å². The molecule has 0 aliphatic heterocycles. The zero-order chi connectivity index (χ0) is 16.9. The molecule has 0 aliphatic rings. The summed E-state index contributed by atoms with van der Waals surface area (Å²) in [5.74, 6) is -1.15. The van der Waals surface area contributed by atoms with Gasteiger partial charge in [-0.25, -0.2) is 0 Å². The van der Waals surface area contributed by atoms with Crippen LogP contribution in [0.15, 0.2) is 17.2 Å². The van der Waals surface area contributed by atoms with E-state index in [0.717, 1.165) is 19.2 Å². The Kier molecular flexibility index (Phi) is 4.90. The molecule has 1 aromatic rings. The van der Waals surface area contributed by atoms with E-state index in [1.54, 1.807) is 0 Å². The fraction of sp³-hybridized carbons (Fsp3) is 0.100. The minimum absolute atomic E-state index is 0.145. The summed E-state index contributed by atoms with van der Waals surface area (Å²) in [6, 6.07) is 3.38. The molecule has 0 spiro atoms. The average Bonchev–Trinajstić information content (AvgIpc) is 2.46. The van der Waals surface area contributed by atoms with Gasteiger partial charge in [-0.2, -0.15) is 10.4 Å². The molecule has 0 radical (unpaired) electrons. The minimum Gasteiger partial charge on any atom is -0.485 e. The van der Waals surface area contributed by atoms with Gasteiger partial charge >= 0.3 is 11.4 Å². The van der Waals surface area contributed by atoms with Gasteiger partial charge in [0.2, 0.25) is 5.71 Å². The van der Waals surface area contributed by atoms with Crippen molar-refractivity contribution < 1.29 is 14.6 Å². The number of nitro benzene ring substituents is 2. The monoisotopic (exact) mass is 307 g/mol. The number of nitriles is 1. The van der Waals surface area contributed by atoms with Crippen LogP contribution in [0.1, 0.15) is 0 Å². The molecule has 0 aliphatic carbocycles. The van der Waals surface area contributed by atoms with Crippen molar-refractivity contribution in [3.05, 3.63) is 32.4 Å². The number of benzene rings is 1. The van der Waals surface area contributed by atoms with Gasteiger partial charge in [-0.05, 0) is 0 Å². The highest BCUT2D eigenvalue weighted by Crippen LogP contribution is 2.39. The van der Waals surface area contributed by atoms with E-state index in [-0.39, 0.29) is 5.69 Å². The van der Waals surface area contributed by atoms with E-state index in [9.17, 15) is 20.2 Å². The Bertz CT molecular complexity index is 686. The summed E-state index contributed by atoms with van der Waals surface area (Å²) in [7, 11) is 1.06. The van der Waals surface area contributed by atoms with Gasteiger partial charge in [0, 0.05) is 12.1 Å². The number of anilines is 1. The summed E-state index contributed by atoms with van der Waals surface area (Å²) < 4.78 is 4.69. The molecule has 0 saturated heterocycles. The first-order chi connectivity index (χ1) is 10.3. The highest BCUT2D eigenvalue weighted by Gasteiger charge is 2.28. The molecule has 114 valence electrons. The second-order valence-electron chi connectivity index (χ2n) is 3.66. The van der Waals surface area contributed by atoms with Gasteiger partial charge in [-0.3, -0.25) is 31.1 Å². The van der Waals surface area contributed by atoms with Crippen LogP contribution in [-0.4, -0.2) is 28.5 Å². The predicted octanol–water partition coefficient (Wildman–Crippen LogP) is 0.739. The molecule has 22 heavy (non-hydrogen) atoms. The Morgan fingerprint density at radius 2 is 1.91 bits per heavy atom. The highest BCUT2D eigenvalue weighted by atomic mass is 16.6. The number of ether oxygens (including phenoxy) is 1. The Labute approximate surface area is 122 Å². The quantitative estimate of drug-likeness (QED) is 0.296. The number of nitro groups is 2. The van der Waals surface area contributed by atoms with Gasteiger partial charge < -0.3 is 10.5 Å². The Morgan fingerprint density at radius 1 is 1.41 bits per heavy atom. The van der Waals surface area contributed by atoms with Gasteiger partial charge in [-0.15, -0.1) is 0 Å². The smallest absolute Gasteiger partial charge is 0.320 e. The van der Waals surface area contributed by atoms with Crippen molar-refractivity contribution in [2.45, 2.75) is 0 Å². The van der Waals surface area contributed by atoms with E-state index in [0.29, 0.717) is 0 Å². The normalized spacial score (nSPS) is 10.5. The number of rotatable bonds is 6. The molecule has 0 bridgehead atoms. The summed E-state index contributed by atoms with van der Waals surface area (Å²) in [6.07, 6.45) is 0. The molecule has 12 heteroatoms. The molecule has 0 unspecified atom stereocenters. The van der Waals surface area contributed by atoms with E-state index >= 15 is 0 Å². The molecular formula is C10H9N7O5. The lowest BCUT2D eigenvalue weighted by Crippen LogP contribution is -2.21. The molecule has 4 N–H and O–H groups in total. The zero-order valence-corrected chi connectivity index (χ0v) is 11.1. The summed E-state index contributed by atoms with van der Waals surface area (Å²) in [5.41, 5.74) is 5.32. The van der Waals surface area contributed by atoms with Crippen molar-refractivity contribution in [2.24, 2.45) is 10.8 Å².